The molecule has 0 aliphatic heterocycles. The van der Waals surface area contributed by atoms with Crippen LogP contribution >= 0.6 is 0 Å². The molecule has 15 heavy (non-hydrogen) atoms. The van der Waals surface area contributed by atoms with Gasteiger partial charge in [0.2, 0.25) is 0 Å². The van der Waals surface area contributed by atoms with E-state index in [1.54, 1.807) is 6.20 Å². The van der Waals surface area contributed by atoms with Crippen molar-refractivity contribution in [1.82, 2.24) is 15.1 Å². The standard InChI is InChI=1S/C11H13N3O/c1-2-4-11(15)13-9-7-10(8-9)14-6-3-5-12-14/h3-6,9-10H,1,7-8H2,(H,13,15). The van der Waals surface area contributed by atoms with Crippen molar-refractivity contribution in [2.45, 2.75) is 24.9 Å². The monoisotopic (exact) mass is 203 g/mol. The van der Waals surface area contributed by atoms with Gasteiger partial charge in [-0.3, -0.25) is 9.48 Å². The summed E-state index contributed by atoms with van der Waals surface area (Å²) in [6.07, 6.45) is 6.93. The van der Waals surface area contributed by atoms with Crippen LogP contribution in [-0.4, -0.2) is 21.7 Å². The molecule has 0 aromatic carbocycles. The average molecular weight is 203 g/mol. The van der Waals surface area contributed by atoms with Gasteiger partial charge in [0, 0.05) is 24.5 Å². The van der Waals surface area contributed by atoms with Crippen LogP contribution in [0.3, 0.4) is 0 Å². The first-order chi connectivity index (χ1) is 7.29. The molecule has 1 aromatic rings. The van der Waals surface area contributed by atoms with E-state index in [9.17, 15) is 4.79 Å². The minimum Gasteiger partial charge on any atom is -0.349 e. The zero-order chi connectivity index (χ0) is 10.7. The summed E-state index contributed by atoms with van der Waals surface area (Å²) in [5.41, 5.74) is 2.46. The van der Waals surface area contributed by atoms with Crippen molar-refractivity contribution < 1.29 is 4.79 Å². The van der Waals surface area contributed by atoms with Gasteiger partial charge in [-0.05, 0) is 18.9 Å². The van der Waals surface area contributed by atoms with Crippen molar-refractivity contribution in [2.24, 2.45) is 0 Å². The summed E-state index contributed by atoms with van der Waals surface area (Å²) in [5.74, 6) is -0.117. The minimum atomic E-state index is -0.117. The molecule has 1 fully saturated rings. The van der Waals surface area contributed by atoms with Crippen molar-refractivity contribution in [3.63, 3.8) is 0 Å². The fraction of sp³-hybridized carbons (Fsp3) is 0.364. The molecule has 1 saturated carbocycles. The Balaban J connectivity index is 1.79. The lowest BCUT2D eigenvalue weighted by Crippen LogP contribution is -2.44. The molecule has 0 atom stereocenters. The molecule has 0 radical (unpaired) electrons. The molecule has 2 rings (SSSR count). The first kappa shape index (κ1) is 9.74. The Hall–Kier alpha value is -1.80. The zero-order valence-electron chi connectivity index (χ0n) is 8.39. The molecular formula is C11H13N3O. The Labute approximate surface area is 88.3 Å². The summed E-state index contributed by atoms with van der Waals surface area (Å²) in [7, 11) is 0. The highest BCUT2D eigenvalue weighted by Crippen LogP contribution is 2.31. The quantitative estimate of drug-likeness (QED) is 0.589. The van der Waals surface area contributed by atoms with Gasteiger partial charge in [-0.25, -0.2) is 0 Å². The number of nitrogens with zero attached hydrogens (tertiary/aromatic N) is 2. The number of nitrogens with one attached hydrogen (secondary N) is 1. The molecule has 1 aliphatic carbocycles. The third-order valence-electron chi connectivity index (χ3n) is 2.59. The number of carbonyl (C=O) groups excluding carboxylic acids is 1. The SMILES string of the molecule is C=C=CC(=O)NC1CC(n2cccn2)C1. The molecule has 1 heterocycles. The lowest BCUT2D eigenvalue weighted by atomic mass is 9.87. The number of amides is 1. The van der Waals surface area contributed by atoms with Crippen LogP contribution in [0.2, 0.25) is 0 Å². The molecule has 4 nitrogen and oxygen atoms in total. The Kier molecular flexibility index (Phi) is 2.70. The van der Waals surface area contributed by atoms with Gasteiger partial charge < -0.3 is 5.32 Å². The Morgan fingerprint density at radius 3 is 3.07 bits per heavy atom. The minimum absolute atomic E-state index is 0.117. The summed E-state index contributed by atoms with van der Waals surface area (Å²) >= 11 is 0. The van der Waals surface area contributed by atoms with E-state index in [1.807, 2.05) is 16.9 Å². The van der Waals surface area contributed by atoms with Gasteiger partial charge in [-0.1, -0.05) is 6.58 Å². The van der Waals surface area contributed by atoms with Crippen molar-refractivity contribution in [2.75, 3.05) is 0 Å². The molecule has 0 unspecified atom stereocenters. The molecular weight excluding hydrogens is 190 g/mol. The van der Waals surface area contributed by atoms with E-state index in [0.29, 0.717) is 6.04 Å². The highest BCUT2D eigenvalue weighted by molar-refractivity contribution is 5.87. The molecule has 1 aromatic heterocycles. The van der Waals surface area contributed by atoms with Crippen LogP contribution in [0.4, 0.5) is 0 Å². The lowest BCUT2D eigenvalue weighted by molar-refractivity contribution is -0.117. The number of carbonyl (C=O) groups is 1. The molecule has 0 saturated heterocycles. The number of hydrogen-bond acceptors (Lipinski definition) is 2. The van der Waals surface area contributed by atoms with Crippen molar-refractivity contribution in [3.8, 4) is 0 Å². The third kappa shape index (κ3) is 2.17. The molecule has 1 aliphatic rings. The summed E-state index contributed by atoms with van der Waals surface area (Å²) in [6.45, 7) is 3.35. The summed E-state index contributed by atoms with van der Waals surface area (Å²) in [5, 5.41) is 7.03. The maximum Gasteiger partial charge on any atom is 0.251 e. The number of rotatable bonds is 3. The zero-order valence-corrected chi connectivity index (χ0v) is 8.39. The topological polar surface area (TPSA) is 46.9 Å². The second kappa shape index (κ2) is 4.15. The summed E-state index contributed by atoms with van der Waals surface area (Å²) < 4.78 is 1.94. The Morgan fingerprint density at radius 2 is 2.47 bits per heavy atom. The molecule has 4 heteroatoms. The van der Waals surface area contributed by atoms with Crippen LogP contribution in [-0.2, 0) is 4.79 Å². The fourth-order valence-corrected chi connectivity index (χ4v) is 1.75. The van der Waals surface area contributed by atoms with Crippen LogP contribution in [0.1, 0.15) is 18.9 Å². The molecule has 0 bridgehead atoms. The molecule has 1 amide bonds. The van der Waals surface area contributed by atoms with Crippen LogP contribution < -0.4 is 5.32 Å². The van der Waals surface area contributed by atoms with E-state index in [4.69, 9.17) is 0 Å². The second-order valence-corrected chi connectivity index (χ2v) is 3.67. The normalized spacial score (nSPS) is 23.7. The van der Waals surface area contributed by atoms with Gasteiger partial charge in [0.05, 0.1) is 6.04 Å². The molecule has 0 spiro atoms. The van der Waals surface area contributed by atoms with Gasteiger partial charge in [0.25, 0.3) is 5.91 Å². The fourth-order valence-electron chi connectivity index (χ4n) is 1.75. The van der Waals surface area contributed by atoms with Crippen LogP contribution in [0, 0.1) is 0 Å². The first-order valence-electron chi connectivity index (χ1n) is 4.95. The van der Waals surface area contributed by atoms with Gasteiger partial charge in [0.1, 0.15) is 0 Å². The second-order valence-electron chi connectivity index (χ2n) is 3.67. The average Bonchev–Trinajstić information content (AvgIpc) is 2.63. The van der Waals surface area contributed by atoms with Gasteiger partial charge in [-0.15, -0.1) is 5.73 Å². The third-order valence-corrected chi connectivity index (χ3v) is 2.59. The lowest BCUT2D eigenvalue weighted by Gasteiger charge is -2.35. The molecule has 1 N–H and O–H groups in total. The Morgan fingerprint density at radius 1 is 1.67 bits per heavy atom. The van der Waals surface area contributed by atoms with Gasteiger partial charge in [0.15, 0.2) is 0 Å². The number of hydrogen-bond donors (Lipinski definition) is 1. The maximum atomic E-state index is 11.1. The highest BCUT2D eigenvalue weighted by Gasteiger charge is 2.31. The van der Waals surface area contributed by atoms with Crippen molar-refractivity contribution in [3.05, 3.63) is 36.8 Å². The van der Waals surface area contributed by atoms with Crippen LogP contribution in [0.5, 0.6) is 0 Å². The van der Waals surface area contributed by atoms with E-state index in [1.165, 1.54) is 6.08 Å². The highest BCUT2D eigenvalue weighted by atomic mass is 16.1. The summed E-state index contributed by atoms with van der Waals surface area (Å²) in [6, 6.07) is 2.60. The van der Waals surface area contributed by atoms with Crippen molar-refractivity contribution >= 4 is 5.91 Å². The maximum absolute atomic E-state index is 11.1. The summed E-state index contributed by atoms with van der Waals surface area (Å²) in [4.78, 5) is 11.1. The number of aromatic nitrogens is 2. The molecule has 78 valence electrons. The van der Waals surface area contributed by atoms with E-state index in [0.717, 1.165) is 12.8 Å². The van der Waals surface area contributed by atoms with E-state index >= 15 is 0 Å². The van der Waals surface area contributed by atoms with Crippen LogP contribution in [0.15, 0.2) is 36.8 Å². The predicted molar refractivity (Wildman–Crippen MR) is 56.1 cm³/mol. The largest absolute Gasteiger partial charge is 0.349 e. The first-order valence-corrected chi connectivity index (χ1v) is 4.95. The van der Waals surface area contributed by atoms with E-state index < -0.39 is 0 Å². The predicted octanol–water partition coefficient (Wildman–Crippen LogP) is 1.04. The van der Waals surface area contributed by atoms with Crippen LogP contribution in [0.25, 0.3) is 0 Å². The van der Waals surface area contributed by atoms with E-state index in [2.05, 4.69) is 22.7 Å². The van der Waals surface area contributed by atoms with Crippen molar-refractivity contribution in [1.29, 1.82) is 0 Å². The van der Waals surface area contributed by atoms with E-state index in [-0.39, 0.29) is 11.9 Å². The van der Waals surface area contributed by atoms with Gasteiger partial charge >= 0.3 is 0 Å². The Bertz CT molecular complexity index is 384. The smallest absolute Gasteiger partial charge is 0.251 e. The van der Waals surface area contributed by atoms with Gasteiger partial charge in [-0.2, -0.15) is 5.10 Å².